The van der Waals surface area contributed by atoms with E-state index in [1.54, 1.807) is 6.21 Å². The van der Waals surface area contributed by atoms with E-state index < -0.39 is 12.0 Å². The molecule has 1 atom stereocenters. The summed E-state index contributed by atoms with van der Waals surface area (Å²) in [5.74, 6) is -0.445. The molecule has 3 rings (SSSR count). The van der Waals surface area contributed by atoms with E-state index in [0.29, 0.717) is 5.82 Å². The van der Waals surface area contributed by atoms with Gasteiger partial charge in [-0.1, -0.05) is 62.4 Å². The molecular formula is C19H19N5O2. The first-order valence-electron chi connectivity index (χ1n) is 8.25. The molecule has 0 radical (unpaired) electrons. The standard InChI is InChI=1S/C19H19N5O2/c1-12(2)17(19(25)26)20-11-13-7-9-14(10-8-13)15-5-3-4-6-16(15)18-21-23-24-22-18/h3-12,17H,1-2H3,(H,25,26)(H,21,22,23,24). The molecule has 3 aromatic rings. The van der Waals surface area contributed by atoms with Crippen molar-refractivity contribution in [3.05, 3.63) is 54.1 Å². The van der Waals surface area contributed by atoms with Crippen LogP contribution in [-0.4, -0.2) is 44.0 Å². The predicted molar refractivity (Wildman–Crippen MR) is 98.9 cm³/mol. The van der Waals surface area contributed by atoms with E-state index in [0.717, 1.165) is 22.3 Å². The molecule has 0 saturated carbocycles. The van der Waals surface area contributed by atoms with Crippen LogP contribution in [0.3, 0.4) is 0 Å². The van der Waals surface area contributed by atoms with E-state index in [1.807, 2.05) is 62.4 Å². The Morgan fingerprint density at radius 2 is 1.81 bits per heavy atom. The number of aliphatic carboxylic acids is 1. The molecule has 1 heterocycles. The van der Waals surface area contributed by atoms with Crippen molar-refractivity contribution in [3.8, 4) is 22.5 Å². The maximum absolute atomic E-state index is 11.2. The van der Waals surface area contributed by atoms with Crippen LogP contribution in [-0.2, 0) is 4.79 Å². The number of aromatic nitrogens is 4. The van der Waals surface area contributed by atoms with E-state index in [-0.39, 0.29) is 5.92 Å². The number of H-pyrrole nitrogens is 1. The van der Waals surface area contributed by atoms with Gasteiger partial charge in [0.05, 0.1) is 0 Å². The van der Waals surface area contributed by atoms with Crippen LogP contribution in [0, 0.1) is 5.92 Å². The summed E-state index contributed by atoms with van der Waals surface area (Å²) in [4.78, 5) is 15.4. The molecule has 0 aliphatic rings. The van der Waals surface area contributed by atoms with E-state index in [4.69, 9.17) is 0 Å². The molecule has 1 unspecified atom stereocenters. The topological polar surface area (TPSA) is 104 Å². The fourth-order valence-corrected chi connectivity index (χ4v) is 2.64. The molecule has 0 spiro atoms. The lowest BCUT2D eigenvalue weighted by atomic mass is 9.98. The summed E-state index contributed by atoms with van der Waals surface area (Å²) in [7, 11) is 0. The summed E-state index contributed by atoms with van der Waals surface area (Å²) in [5, 5.41) is 23.4. The first-order chi connectivity index (χ1) is 12.6. The molecule has 2 aromatic carbocycles. The fraction of sp³-hybridized carbons (Fsp3) is 0.211. The number of carboxylic acid groups (broad SMARTS) is 1. The SMILES string of the molecule is CC(C)C(N=Cc1ccc(-c2ccccc2-c2nn[nH]n2)cc1)C(=O)O. The fourth-order valence-electron chi connectivity index (χ4n) is 2.64. The van der Waals surface area contributed by atoms with E-state index in [1.165, 1.54) is 0 Å². The van der Waals surface area contributed by atoms with Gasteiger partial charge in [-0.25, -0.2) is 4.79 Å². The first kappa shape index (κ1) is 17.5. The van der Waals surface area contributed by atoms with Gasteiger partial charge in [0.25, 0.3) is 0 Å². The number of tetrazole rings is 1. The van der Waals surface area contributed by atoms with Crippen molar-refractivity contribution in [2.45, 2.75) is 19.9 Å². The van der Waals surface area contributed by atoms with Crippen molar-refractivity contribution in [2.24, 2.45) is 10.9 Å². The van der Waals surface area contributed by atoms with Gasteiger partial charge in [-0.2, -0.15) is 5.21 Å². The zero-order valence-electron chi connectivity index (χ0n) is 14.5. The Morgan fingerprint density at radius 3 is 2.38 bits per heavy atom. The second-order valence-electron chi connectivity index (χ2n) is 6.21. The highest BCUT2D eigenvalue weighted by molar-refractivity contribution is 5.86. The van der Waals surface area contributed by atoms with Crippen molar-refractivity contribution in [1.29, 1.82) is 0 Å². The highest BCUT2D eigenvalue weighted by Gasteiger charge is 2.19. The summed E-state index contributed by atoms with van der Waals surface area (Å²) < 4.78 is 0. The zero-order chi connectivity index (χ0) is 18.5. The smallest absolute Gasteiger partial charge is 0.328 e. The summed E-state index contributed by atoms with van der Waals surface area (Å²) in [5.41, 5.74) is 3.72. The molecule has 1 aromatic heterocycles. The average Bonchev–Trinajstić information content (AvgIpc) is 3.16. The number of carbonyl (C=O) groups is 1. The third-order valence-corrected chi connectivity index (χ3v) is 4.00. The molecule has 0 aliphatic heterocycles. The van der Waals surface area contributed by atoms with Gasteiger partial charge in [-0.3, -0.25) is 4.99 Å². The third kappa shape index (κ3) is 3.83. The molecule has 7 heteroatoms. The summed E-state index contributed by atoms with van der Waals surface area (Å²) in [6.45, 7) is 3.68. The van der Waals surface area contributed by atoms with Gasteiger partial charge in [-0.05, 0) is 27.8 Å². The van der Waals surface area contributed by atoms with E-state index >= 15 is 0 Å². The Balaban J connectivity index is 1.86. The maximum atomic E-state index is 11.2. The van der Waals surface area contributed by atoms with E-state index in [2.05, 4.69) is 25.6 Å². The monoisotopic (exact) mass is 349 g/mol. The lowest BCUT2D eigenvalue weighted by Crippen LogP contribution is -2.24. The Hall–Kier alpha value is -3.35. The first-order valence-corrected chi connectivity index (χ1v) is 8.25. The van der Waals surface area contributed by atoms with Gasteiger partial charge in [0.1, 0.15) is 6.04 Å². The van der Waals surface area contributed by atoms with Crippen LogP contribution < -0.4 is 0 Å². The number of rotatable bonds is 6. The Labute approximate surface area is 150 Å². The molecule has 132 valence electrons. The van der Waals surface area contributed by atoms with Crippen molar-refractivity contribution in [3.63, 3.8) is 0 Å². The highest BCUT2D eigenvalue weighted by Crippen LogP contribution is 2.29. The van der Waals surface area contributed by atoms with Crippen molar-refractivity contribution in [1.82, 2.24) is 20.6 Å². The number of aliphatic imine (C=N–C) groups is 1. The molecule has 0 amide bonds. The van der Waals surface area contributed by atoms with Gasteiger partial charge in [0.2, 0.25) is 5.82 Å². The molecular weight excluding hydrogens is 330 g/mol. The number of nitrogens with one attached hydrogen (secondary N) is 1. The molecule has 7 nitrogen and oxygen atoms in total. The van der Waals surface area contributed by atoms with Crippen LogP contribution in [0.5, 0.6) is 0 Å². The number of carboxylic acids is 1. The quantitative estimate of drug-likeness (QED) is 0.666. The van der Waals surface area contributed by atoms with Crippen LogP contribution in [0.2, 0.25) is 0 Å². The normalized spacial score (nSPS) is 12.6. The molecule has 0 fully saturated rings. The minimum Gasteiger partial charge on any atom is -0.480 e. The molecule has 0 bridgehead atoms. The Kier molecular flexibility index (Phi) is 5.17. The minimum atomic E-state index is -0.915. The Morgan fingerprint density at radius 1 is 1.12 bits per heavy atom. The van der Waals surface area contributed by atoms with Crippen molar-refractivity contribution < 1.29 is 9.90 Å². The van der Waals surface area contributed by atoms with Gasteiger partial charge in [-0.15, -0.1) is 10.2 Å². The maximum Gasteiger partial charge on any atom is 0.328 e. The molecule has 0 saturated heterocycles. The Bertz CT molecular complexity index is 902. The highest BCUT2D eigenvalue weighted by atomic mass is 16.4. The van der Waals surface area contributed by atoms with Crippen LogP contribution in [0.25, 0.3) is 22.5 Å². The van der Waals surface area contributed by atoms with Crippen LogP contribution in [0.1, 0.15) is 19.4 Å². The summed E-state index contributed by atoms with van der Waals surface area (Å²) in [6.07, 6.45) is 1.60. The number of benzene rings is 2. The van der Waals surface area contributed by atoms with E-state index in [9.17, 15) is 9.90 Å². The average molecular weight is 349 g/mol. The second-order valence-corrected chi connectivity index (χ2v) is 6.21. The molecule has 26 heavy (non-hydrogen) atoms. The zero-order valence-corrected chi connectivity index (χ0v) is 14.5. The van der Waals surface area contributed by atoms with Crippen molar-refractivity contribution in [2.75, 3.05) is 0 Å². The minimum absolute atomic E-state index is 0.0649. The number of hydrogen-bond acceptors (Lipinski definition) is 5. The van der Waals surface area contributed by atoms with Crippen molar-refractivity contribution >= 4 is 12.2 Å². The second kappa shape index (κ2) is 7.69. The number of hydrogen-bond donors (Lipinski definition) is 2. The molecule has 2 N–H and O–H groups in total. The number of nitrogens with zero attached hydrogens (tertiary/aromatic N) is 4. The summed E-state index contributed by atoms with van der Waals surface area (Å²) in [6, 6.07) is 14.8. The van der Waals surface area contributed by atoms with Crippen LogP contribution in [0.4, 0.5) is 0 Å². The number of aromatic amines is 1. The lowest BCUT2D eigenvalue weighted by molar-refractivity contribution is -0.139. The third-order valence-electron chi connectivity index (χ3n) is 4.00. The van der Waals surface area contributed by atoms with Gasteiger partial charge in [0.15, 0.2) is 0 Å². The summed E-state index contributed by atoms with van der Waals surface area (Å²) >= 11 is 0. The molecule has 0 aliphatic carbocycles. The van der Waals surface area contributed by atoms with Gasteiger partial charge in [0, 0.05) is 11.8 Å². The van der Waals surface area contributed by atoms with Gasteiger partial charge >= 0.3 is 5.97 Å². The largest absolute Gasteiger partial charge is 0.480 e. The van der Waals surface area contributed by atoms with Crippen LogP contribution >= 0.6 is 0 Å². The van der Waals surface area contributed by atoms with Crippen LogP contribution in [0.15, 0.2) is 53.5 Å². The predicted octanol–water partition coefficient (Wildman–Crippen LogP) is 3.06. The van der Waals surface area contributed by atoms with Gasteiger partial charge < -0.3 is 5.11 Å². The lowest BCUT2D eigenvalue weighted by Gasteiger charge is -2.10.